The number of carbonyl (C=O) groups is 2. The zero-order valence-corrected chi connectivity index (χ0v) is 11.5. The minimum Gasteiger partial charge on any atom is -0.361 e. The maximum Gasteiger partial charge on any atom is 0.294 e. The number of rotatable bonds is 4. The number of unbranched alkanes of at least 4 members (excludes halogenated alkanes) is 1. The van der Waals surface area contributed by atoms with Crippen molar-refractivity contribution in [1.29, 1.82) is 0 Å². The fourth-order valence-electron chi connectivity index (χ4n) is 2.15. The molecule has 1 saturated heterocycles. The lowest BCUT2D eigenvalue weighted by atomic mass is 10.2. The van der Waals surface area contributed by atoms with Gasteiger partial charge in [-0.05, 0) is 19.8 Å². The average Bonchev–Trinajstić information content (AvgIpc) is 3.06. The monoisotopic (exact) mass is 275 g/mol. The second-order valence-corrected chi connectivity index (χ2v) is 4.68. The molecule has 1 aromatic heterocycles. The predicted octanol–water partition coefficient (Wildman–Crippen LogP) is 1.38. The highest BCUT2D eigenvalue weighted by Gasteiger charge is 2.32. The molecule has 0 N–H and O–H groups in total. The van der Waals surface area contributed by atoms with Gasteiger partial charge in [0.05, 0.1) is 0 Å². The number of hydrogen-bond acceptors (Lipinski definition) is 4. The highest BCUT2D eigenvalue weighted by atomic mass is 16.5. The SMILES string of the molecule is C#CCCCC(=O)N1CCCN1C(=O)c1cc(C)on1. The second kappa shape index (κ2) is 6.24. The summed E-state index contributed by atoms with van der Waals surface area (Å²) in [5.41, 5.74) is 0.228. The van der Waals surface area contributed by atoms with Crippen LogP contribution in [0.1, 0.15) is 41.9 Å². The summed E-state index contributed by atoms with van der Waals surface area (Å²) in [5, 5.41) is 6.63. The van der Waals surface area contributed by atoms with Crippen LogP contribution in [0.25, 0.3) is 0 Å². The lowest BCUT2D eigenvalue weighted by Crippen LogP contribution is -2.44. The first-order chi connectivity index (χ1) is 9.63. The van der Waals surface area contributed by atoms with Crippen LogP contribution in [0.2, 0.25) is 0 Å². The maximum absolute atomic E-state index is 12.3. The molecule has 0 aliphatic carbocycles. The van der Waals surface area contributed by atoms with Crippen molar-refractivity contribution in [2.75, 3.05) is 13.1 Å². The summed E-state index contributed by atoms with van der Waals surface area (Å²) in [7, 11) is 0. The van der Waals surface area contributed by atoms with E-state index in [2.05, 4.69) is 11.1 Å². The van der Waals surface area contributed by atoms with Gasteiger partial charge in [0.25, 0.3) is 5.91 Å². The minimum atomic E-state index is -0.301. The van der Waals surface area contributed by atoms with Gasteiger partial charge in [-0.2, -0.15) is 0 Å². The van der Waals surface area contributed by atoms with E-state index in [9.17, 15) is 9.59 Å². The molecule has 1 aliphatic heterocycles. The van der Waals surface area contributed by atoms with Crippen molar-refractivity contribution in [2.45, 2.75) is 32.6 Å². The first-order valence-corrected chi connectivity index (χ1v) is 6.62. The van der Waals surface area contributed by atoms with Crippen molar-refractivity contribution >= 4 is 11.8 Å². The Hall–Kier alpha value is -2.29. The molecular formula is C14H17N3O3. The summed E-state index contributed by atoms with van der Waals surface area (Å²) < 4.78 is 4.90. The topological polar surface area (TPSA) is 66.7 Å². The Morgan fingerprint density at radius 2 is 2.20 bits per heavy atom. The van der Waals surface area contributed by atoms with E-state index >= 15 is 0 Å². The lowest BCUT2D eigenvalue weighted by Gasteiger charge is -2.27. The van der Waals surface area contributed by atoms with Crippen molar-refractivity contribution < 1.29 is 14.1 Å². The van der Waals surface area contributed by atoms with E-state index in [1.165, 1.54) is 10.0 Å². The van der Waals surface area contributed by atoms with E-state index in [-0.39, 0.29) is 17.5 Å². The third-order valence-electron chi connectivity index (χ3n) is 3.11. The predicted molar refractivity (Wildman–Crippen MR) is 71.3 cm³/mol. The Balaban J connectivity index is 2.02. The van der Waals surface area contributed by atoms with Crippen LogP contribution in [-0.2, 0) is 4.79 Å². The average molecular weight is 275 g/mol. The van der Waals surface area contributed by atoms with Gasteiger partial charge < -0.3 is 4.52 Å². The Labute approximate surface area is 117 Å². The highest BCUT2D eigenvalue weighted by Crippen LogP contribution is 2.17. The fourth-order valence-corrected chi connectivity index (χ4v) is 2.15. The second-order valence-electron chi connectivity index (χ2n) is 4.68. The standard InChI is InChI=1S/C14H17N3O3/c1-3-4-5-7-13(18)16-8-6-9-17(16)14(19)12-10-11(2)20-15-12/h1,10H,4-9H2,2H3. The zero-order chi connectivity index (χ0) is 14.5. The van der Waals surface area contributed by atoms with Gasteiger partial charge in [-0.3, -0.25) is 14.6 Å². The van der Waals surface area contributed by atoms with Gasteiger partial charge in [0.2, 0.25) is 5.91 Å². The normalized spacial score (nSPS) is 14.4. The van der Waals surface area contributed by atoms with Crippen molar-refractivity contribution in [2.24, 2.45) is 0 Å². The summed E-state index contributed by atoms with van der Waals surface area (Å²) >= 11 is 0. The van der Waals surface area contributed by atoms with Crippen LogP contribution < -0.4 is 0 Å². The molecular weight excluding hydrogens is 258 g/mol. The number of hydrazine groups is 1. The number of terminal acetylenes is 1. The molecule has 6 nitrogen and oxygen atoms in total. The van der Waals surface area contributed by atoms with Gasteiger partial charge in [0, 0.05) is 32.0 Å². The highest BCUT2D eigenvalue weighted by molar-refractivity contribution is 5.94. The first-order valence-electron chi connectivity index (χ1n) is 6.62. The number of amides is 2. The molecule has 6 heteroatoms. The van der Waals surface area contributed by atoms with Crippen LogP contribution in [0.15, 0.2) is 10.6 Å². The molecule has 2 rings (SSSR count). The van der Waals surface area contributed by atoms with E-state index in [0.717, 1.165) is 6.42 Å². The van der Waals surface area contributed by atoms with Gasteiger partial charge in [0.1, 0.15) is 5.76 Å². The summed E-state index contributed by atoms with van der Waals surface area (Å²) in [6.45, 7) is 2.79. The smallest absolute Gasteiger partial charge is 0.294 e. The summed E-state index contributed by atoms with van der Waals surface area (Å²) in [5.74, 6) is 2.69. The van der Waals surface area contributed by atoms with Crippen molar-refractivity contribution in [3.8, 4) is 12.3 Å². The van der Waals surface area contributed by atoms with E-state index in [4.69, 9.17) is 10.9 Å². The molecule has 0 atom stereocenters. The third-order valence-corrected chi connectivity index (χ3v) is 3.11. The third kappa shape index (κ3) is 2.99. The Kier molecular flexibility index (Phi) is 4.41. The summed E-state index contributed by atoms with van der Waals surface area (Å²) in [6.07, 6.45) is 7.49. The van der Waals surface area contributed by atoms with E-state index in [0.29, 0.717) is 38.1 Å². The fraction of sp³-hybridized carbons (Fsp3) is 0.500. The van der Waals surface area contributed by atoms with Crippen molar-refractivity contribution in [3.05, 3.63) is 17.5 Å². The van der Waals surface area contributed by atoms with E-state index < -0.39 is 0 Å². The van der Waals surface area contributed by atoms with Crippen LogP contribution in [0, 0.1) is 19.3 Å². The molecule has 20 heavy (non-hydrogen) atoms. The quantitative estimate of drug-likeness (QED) is 0.615. The van der Waals surface area contributed by atoms with Crippen molar-refractivity contribution in [1.82, 2.24) is 15.2 Å². The molecule has 1 fully saturated rings. The molecule has 106 valence electrons. The van der Waals surface area contributed by atoms with Crippen LogP contribution in [0.5, 0.6) is 0 Å². The van der Waals surface area contributed by atoms with E-state index in [1.54, 1.807) is 13.0 Å². The van der Waals surface area contributed by atoms with Gasteiger partial charge in [0.15, 0.2) is 5.69 Å². The maximum atomic E-state index is 12.3. The molecule has 0 aromatic carbocycles. The molecule has 1 aromatic rings. The van der Waals surface area contributed by atoms with Gasteiger partial charge in [-0.25, -0.2) is 5.01 Å². The number of carbonyl (C=O) groups excluding carboxylic acids is 2. The lowest BCUT2D eigenvalue weighted by molar-refractivity contribution is -0.140. The molecule has 0 spiro atoms. The molecule has 0 radical (unpaired) electrons. The molecule has 0 bridgehead atoms. The molecule has 0 saturated carbocycles. The van der Waals surface area contributed by atoms with E-state index in [1.807, 2.05) is 0 Å². The zero-order valence-electron chi connectivity index (χ0n) is 11.5. The summed E-state index contributed by atoms with van der Waals surface area (Å²) in [4.78, 5) is 24.4. The molecule has 1 aliphatic rings. The number of nitrogens with zero attached hydrogens (tertiary/aromatic N) is 3. The Bertz CT molecular complexity index is 544. The molecule has 0 unspecified atom stereocenters. The van der Waals surface area contributed by atoms with Gasteiger partial charge in [-0.15, -0.1) is 12.3 Å². The first kappa shape index (κ1) is 14.1. The number of aromatic nitrogens is 1. The van der Waals surface area contributed by atoms with Gasteiger partial charge in [-0.1, -0.05) is 5.16 Å². The molecule has 2 heterocycles. The Morgan fingerprint density at radius 1 is 1.45 bits per heavy atom. The van der Waals surface area contributed by atoms with Crippen LogP contribution >= 0.6 is 0 Å². The largest absolute Gasteiger partial charge is 0.361 e. The minimum absolute atomic E-state index is 0.0775. The Morgan fingerprint density at radius 3 is 2.85 bits per heavy atom. The van der Waals surface area contributed by atoms with Crippen molar-refractivity contribution in [3.63, 3.8) is 0 Å². The summed E-state index contributed by atoms with van der Waals surface area (Å²) in [6, 6.07) is 1.57. The molecule has 2 amide bonds. The number of aryl methyl sites for hydroxylation is 1. The van der Waals surface area contributed by atoms with Gasteiger partial charge >= 0.3 is 0 Å². The number of hydrogen-bond donors (Lipinski definition) is 0. The van der Waals surface area contributed by atoms with Crippen LogP contribution in [0.3, 0.4) is 0 Å². The van der Waals surface area contributed by atoms with Crippen LogP contribution in [0.4, 0.5) is 0 Å². The van der Waals surface area contributed by atoms with Crippen LogP contribution in [-0.4, -0.2) is 40.1 Å².